The van der Waals surface area contributed by atoms with E-state index in [0.29, 0.717) is 6.04 Å². The largest absolute Gasteiger partial charge is 0.347 e. The van der Waals surface area contributed by atoms with Crippen molar-refractivity contribution >= 4 is 0 Å². The third kappa shape index (κ3) is 3.32. The lowest BCUT2D eigenvalue weighted by molar-refractivity contribution is 0.241. The van der Waals surface area contributed by atoms with Crippen molar-refractivity contribution in [2.45, 2.75) is 52.4 Å². The van der Waals surface area contributed by atoms with Crippen molar-refractivity contribution in [3.63, 3.8) is 0 Å². The van der Waals surface area contributed by atoms with Gasteiger partial charge in [-0.05, 0) is 50.8 Å². The van der Waals surface area contributed by atoms with E-state index in [1.807, 2.05) is 18.3 Å². The minimum Gasteiger partial charge on any atom is -0.347 e. The maximum absolute atomic E-state index is 4.99. The molecule has 1 saturated carbocycles. The van der Waals surface area contributed by atoms with Crippen molar-refractivity contribution in [2.24, 2.45) is 5.92 Å². The van der Waals surface area contributed by atoms with Crippen LogP contribution in [0.4, 0.5) is 0 Å². The van der Waals surface area contributed by atoms with Crippen molar-refractivity contribution in [3.8, 4) is 11.3 Å². The fraction of sp³-hybridized carbons (Fsp3) is 0.455. The van der Waals surface area contributed by atoms with Crippen molar-refractivity contribution < 1.29 is 0 Å². The number of aromatic nitrogens is 4. The van der Waals surface area contributed by atoms with Gasteiger partial charge in [-0.25, -0.2) is 0 Å². The van der Waals surface area contributed by atoms with Gasteiger partial charge in [0.1, 0.15) is 0 Å². The van der Waals surface area contributed by atoms with Gasteiger partial charge in [0.2, 0.25) is 0 Å². The first-order chi connectivity index (χ1) is 13.2. The van der Waals surface area contributed by atoms with Crippen LogP contribution in [0.25, 0.3) is 11.3 Å². The second-order valence-corrected chi connectivity index (χ2v) is 8.31. The van der Waals surface area contributed by atoms with E-state index < -0.39 is 0 Å². The van der Waals surface area contributed by atoms with Gasteiger partial charge in [0.15, 0.2) is 0 Å². The molecule has 0 spiro atoms. The molecular weight excluding hydrogens is 334 g/mol. The molecule has 1 fully saturated rings. The molecule has 0 saturated heterocycles. The Kier molecular flexibility index (Phi) is 4.12. The van der Waals surface area contributed by atoms with Crippen LogP contribution in [-0.4, -0.2) is 30.8 Å². The Morgan fingerprint density at radius 3 is 2.78 bits per heavy atom. The molecule has 1 aliphatic heterocycles. The molecule has 0 radical (unpaired) electrons. The second-order valence-electron chi connectivity index (χ2n) is 8.31. The molecule has 5 heteroatoms. The lowest BCUT2D eigenvalue weighted by Gasteiger charge is -2.22. The number of pyridine rings is 1. The third-order valence-electron chi connectivity index (χ3n) is 5.70. The van der Waals surface area contributed by atoms with Crippen LogP contribution in [0, 0.1) is 5.92 Å². The standard InChI is InChI=1S/C22H27N5/c1-16(2)27-10-8-20-21(27)15-25(11-17-6-7-17)12-18-13-26(24-22(18)20)14-19-5-3-4-9-23-19/h3-5,8-10,13,16-17H,6-7,11-12,14-15H2,1-2H3. The van der Waals surface area contributed by atoms with E-state index in [1.54, 1.807) is 0 Å². The summed E-state index contributed by atoms with van der Waals surface area (Å²) < 4.78 is 4.48. The Morgan fingerprint density at radius 2 is 2.04 bits per heavy atom. The predicted octanol–water partition coefficient (Wildman–Crippen LogP) is 4.10. The molecule has 0 unspecified atom stereocenters. The minimum absolute atomic E-state index is 0.466. The monoisotopic (exact) mass is 361 g/mol. The topological polar surface area (TPSA) is 38.9 Å². The van der Waals surface area contributed by atoms with Crippen LogP contribution in [0.1, 0.15) is 49.7 Å². The number of rotatable bonds is 5. The van der Waals surface area contributed by atoms with E-state index in [0.717, 1.165) is 36.9 Å². The summed E-state index contributed by atoms with van der Waals surface area (Å²) in [4.78, 5) is 7.08. The second kappa shape index (κ2) is 6.64. The Morgan fingerprint density at radius 1 is 1.15 bits per heavy atom. The zero-order valence-electron chi connectivity index (χ0n) is 16.2. The molecule has 0 bridgehead atoms. The molecular formula is C22H27N5. The van der Waals surface area contributed by atoms with Gasteiger partial charge in [-0.1, -0.05) is 6.07 Å². The highest BCUT2D eigenvalue weighted by molar-refractivity contribution is 5.67. The van der Waals surface area contributed by atoms with Crippen molar-refractivity contribution in [2.75, 3.05) is 6.54 Å². The first-order valence-corrected chi connectivity index (χ1v) is 10.1. The van der Waals surface area contributed by atoms with Crippen molar-refractivity contribution in [1.29, 1.82) is 0 Å². The molecule has 5 rings (SSSR count). The number of hydrogen-bond acceptors (Lipinski definition) is 3. The lowest BCUT2D eigenvalue weighted by Crippen LogP contribution is -2.25. The molecule has 4 heterocycles. The van der Waals surface area contributed by atoms with Crippen LogP contribution in [0.15, 0.2) is 42.9 Å². The van der Waals surface area contributed by atoms with Crippen LogP contribution in [0.3, 0.4) is 0 Å². The van der Waals surface area contributed by atoms with Gasteiger partial charge >= 0.3 is 0 Å². The van der Waals surface area contributed by atoms with Gasteiger partial charge in [0, 0.05) is 61.1 Å². The lowest BCUT2D eigenvalue weighted by atomic mass is 10.1. The fourth-order valence-electron chi connectivity index (χ4n) is 4.19. The van der Waals surface area contributed by atoms with Gasteiger partial charge < -0.3 is 4.57 Å². The average Bonchev–Trinajstić information content (AvgIpc) is 3.27. The molecule has 27 heavy (non-hydrogen) atoms. The summed E-state index contributed by atoms with van der Waals surface area (Å²) in [7, 11) is 0. The minimum atomic E-state index is 0.466. The first-order valence-electron chi connectivity index (χ1n) is 10.1. The summed E-state index contributed by atoms with van der Waals surface area (Å²) in [6, 6.07) is 8.78. The van der Waals surface area contributed by atoms with E-state index >= 15 is 0 Å². The van der Waals surface area contributed by atoms with E-state index in [4.69, 9.17) is 5.10 Å². The number of fused-ring (bicyclic) bond motifs is 3. The van der Waals surface area contributed by atoms with Crippen molar-refractivity contribution in [3.05, 3.63) is 59.8 Å². The molecule has 0 amide bonds. The molecule has 5 nitrogen and oxygen atoms in total. The first kappa shape index (κ1) is 16.8. The molecule has 0 aromatic carbocycles. The van der Waals surface area contributed by atoms with Gasteiger partial charge in [-0.15, -0.1) is 0 Å². The summed E-state index contributed by atoms with van der Waals surface area (Å²) in [5, 5.41) is 4.99. The van der Waals surface area contributed by atoms with E-state index in [2.05, 4.69) is 57.5 Å². The highest BCUT2D eigenvalue weighted by atomic mass is 15.3. The quantitative estimate of drug-likeness (QED) is 0.687. The van der Waals surface area contributed by atoms with Gasteiger partial charge in [-0.2, -0.15) is 5.10 Å². The van der Waals surface area contributed by atoms with E-state index in [9.17, 15) is 0 Å². The third-order valence-corrected chi connectivity index (χ3v) is 5.70. The molecule has 0 N–H and O–H groups in total. The molecule has 2 aliphatic rings. The zero-order chi connectivity index (χ0) is 18.4. The smallest absolute Gasteiger partial charge is 0.0986 e. The maximum atomic E-state index is 4.99. The summed E-state index contributed by atoms with van der Waals surface area (Å²) >= 11 is 0. The predicted molar refractivity (Wildman–Crippen MR) is 106 cm³/mol. The van der Waals surface area contributed by atoms with Gasteiger partial charge in [0.05, 0.1) is 17.9 Å². The zero-order valence-corrected chi connectivity index (χ0v) is 16.2. The molecule has 1 aliphatic carbocycles. The van der Waals surface area contributed by atoms with Gasteiger partial charge in [0.25, 0.3) is 0 Å². The maximum Gasteiger partial charge on any atom is 0.0986 e. The SMILES string of the molecule is CC(C)n1ccc2c1CN(CC1CC1)Cc1cn(Cc3ccccn3)nc1-2. The van der Waals surface area contributed by atoms with Crippen LogP contribution < -0.4 is 0 Å². The van der Waals surface area contributed by atoms with Crippen LogP contribution in [0.5, 0.6) is 0 Å². The van der Waals surface area contributed by atoms with E-state index in [-0.39, 0.29) is 0 Å². The highest BCUT2D eigenvalue weighted by Crippen LogP contribution is 2.36. The van der Waals surface area contributed by atoms with Crippen LogP contribution in [-0.2, 0) is 19.6 Å². The summed E-state index contributed by atoms with van der Waals surface area (Å²) in [6.07, 6.45) is 9.09. The fourth-order valence-corrected chi connectivity index (χ4v) is 4.19. The Hall–Kier alpha value is -2.40. The van der Waals surface area contributed by atoms with Crippen molar-refractivity contribution in [1.82, 2.24) is 24.2 Å². The average molecular weight is 361 g/mol. The summed E-state index contributed by atoms with van der Waals surface area (Å²) in [5.41, 5.74) is 6.25. The molecule has 140 valence electrons. The molecule has 0 atom stereocenters. The Labute approximate surface area is 160 Å². The van der Waals surface area contributed by atoms with Crippen LogP contribution >= 0.6 is 0 Å². The Balaban J connectivity index is 1.53. The summed E-state index contributed by atoms with van der Waals surface area (Å²) in [5.74, 6) is 0.890. The van der Waals surface area contributed by atoms with Crippen LogP contribution in [0.2, 0.25) is 0 Å². The summed E-state index contributed by atoms with van der Waals surface area (Å²) in [6.45, 7) is 8.45. The van der Waals surface area contributed by atoms with E-state index in [1.165, 1.54) is 36.2 Å². The van der Waals surface area contributed by atoms with Gasteiger partial charge in [-0.3, -0.25) is 14.6 Å². The molecule has 3 aromatic rings. The number of hydrogen-bond donors (Lipinski definition) is 0. The number of nitrogens with zero attached hydrogens (tertiary/aromatic N) is 5. The Bertz CT molecular complexity index is 933. The molecule has 3 aromatic heterocycles. The normalized spacial score (nSPS) is 17.0. The highest BCUT2D eigenvalue weighted by Gasteiger charge is 2.30.